The molecule has 1 nitrogen and oxygen atoms in total. The van der Waals surface area contributed by atoms with Crippen LogP contribution in [-0.4, -0.2) is 6.54 Å². The maximum Gasteiger partial charge on any atom is 0.128 e. The molecule has 2 rings (SSSR count). The van der Waals surface area contributed by atoms with E-state index in [4.69, 9.17) is 11.6 Å². The van der Waals surface area contributed by atoms with Crippen molar-refractivity contribution in [2.75, 3.05) is 6.54 Å². The lowest BCUT2D eigenvalue weighted by atomic mass is 10.00. The first-order chi connectivity index (χ1) is 9.60. The van der Waals surface area contributed by atoms with Crippen molar-refractivity contribution in [3.05, 3.63) is 56.5 Å². The molecule has 1 heterocycles. The third kappa shape index (κ3) is 4.05. The van der Waals surface area contributed by atoms with Crippen LogP contribution in [0.5, 0.6) is 0 Å². The molecule has 0 radical (unpaired) electrons. The fraction of sp³-hybridized carbons (Fsp3) is 0.375. The lowest BCUT2D eigenvalue weighted by Crippen LogP contribution is -2.24. The normalized spacial score (nSPS) is 12.6. The summed E-state index contributed by atoms with van der Waals surface area (Å²) in [5.74, 6) is -0.146. The summed E-state index contributed by atoms with van der Waals surface area (Å²) in [4.78, 5) is 1.17. The van der Waals surface area contributed by atoms with Gasteiger partial charge in [-0.3, -0.25) is 0 Å². The highest BCUT2D eigenvalue weighted by Gasteiger charge is 2.17. The minimum atomic E-state index is -0.146. The molecule has 2 aromatic rings. The molecule has 108 valence electrons. The Balaban J connectivity index is 2.24. The number of halogens is 2. The lowest BCUT2D eigenvalue weighted by Gasteiger charge is -2.19. The van der Waals surface area contributed by atoms with Crippen LogP contribution in [0.4, 0.5) is 4.39 Å². The Morgan fingerprint density at radius 2 is 2.10 bits per heavy atom. The van der Waals surface area contributed by atoms with Gasteiger partial charge in [0.05, 0.1) is 4.34 Å². The van der Waals surface area contributed by atoms with Gasteiger partial charge in [0.25, 0.3) is 0 Å². The number of thiophene rings is 1. The third-order valence-corrected chi connectivity index (χ3v) is 4.46. The highest BCUT2D eigenvalue weighted by Crippen LogP contribution is 2.28. The average molecular weight is 312 g/mol. The van der Waals surface area contributed by atoms with E-state index in [2.05, 4.69) is 12.2 Å². The fourth-order valence-electron chi connectivity index (χ4n) is 2.20. The summed E-state index contributed by atoms with van der Waals surface area (Å²) in [7, 11) is 0. The fourth-order valence-corrected chi connectivity index (χ4v) is 3.34. The van der Waals surface area contributed by atoms with Crippen LogP contribution in [0.15, 0.2) is 30.3 Å². The zero-order valence-corrected chi connectivity index (χ0v) is 13.3. The van der Waals surface area contributed by atoms with Crippen LogP contribution in [0.25, 0.3) is 0 Å². The van der Waals surface area contributed by atoms with Crippen molar-refractivity contribution in [3.63, 3.8) is 0 Å². The van der Waals surface area contributed by atoms with Crippen molar-refractivity contribution in [1.82, 2.24) is 5.32 Å². The van der Waals surface area contributed by atoms with Crippen LogP contribution in [-0.2, 0) is 6.42 Å². The summed E-state index contributed by atoms with van der Waals surface area (Å²) in [5, 5.41) is 3.44. The highest BCUT2D eigenvalue weighted by atomic mass is 35.5. The summed E-state index contributed by atoms with van der Waals surface area (Å²) < 4.78 is 14.9. The molecular formula is C16H19ClFNS. The molecule has 0 aliphatic carbocycles. The van der Waals surface area contributed by atoms with Gasteiger partial charge in [-0.05, 0) is 38.1 Å². The van der Waals surface area contributed by atoms with Crippen molar-refractivity contribution in [3.8, 4) is 0 Å². The molecule has 20 heavy (non-hydrogen) atoms. The lowest BCUT2D eigenvalue weighted by molar-refractivity contribution is 0.499. The Kier molecular flexibility index (Phi) is 5.58. The van der Waals surface area contributed by atoms with Gasteiger partial charge >= 0.3 is 0 Å². The van der Waals surface area contributed by atoms with Crippen molar-refractivity contribution in [2.45, 2.75) is 32.7 Å². The first-order valence-electron chi connectivity index (χ1n) is 6.83. The number of benzene rings is 1. The van der Waals surface area contributed by atoms with Gasteiger partial charge in [-0.25, -0.2) is 4.39 Å². The predicted octanol–water partition coefficient (Wildman–Crippen LogP) is 5.13. The van der Waals surface area contributed by atoms with Gasteiger partial charge in [0.15, 0.2) is 0 Å². The van der Waals surface area contributed by atoms with Crippen LogP contribution >= 0.6 is 22.9 Å². The zero-order chi connectivity index (χ0) is 14.5. The molecule has 1 atom stereocenters. The Hall–Kier alpha value is -0.900. The van der Waals surface area contributed by atoms with Crippen LogP contribution in [0.2, 0.25) is 4.34 Å². The second kappa shape index (κ2) is 7.21. The van der Waals surface area contributed by atoms with Crippen molar-refractivity contribution in [1.29, 1.82) is 0 Å². The highest BCUT2D eigenvalue weighted by molar-refractivity contribution is 7.16. The molecule has 0 fully saturated rings. The van der Waals surface area contributed by atoms with E-state index in [0.717, 1.165) is 34.8 Å². The molecule has 0 saturated carbocycles. The Labute approximate surface area is 128 Å². The van der Waals surface area contributed by atoms with Gasteiger partial charge in [0, 0.05) is 22.9 Å². The molecule has 0 spiro atoms. The Bertz CT molecular complexity index is 567. The van der Waals surface area contributed by atoms with Crippen molar-refractivity contribution in [2.24, 2.45) is 0 Å². The van der Waals surface area contributed by atoms with Crippen LogP contribution in [0, 0.1) is 12.7 Å². The van der Waals surface area contributed by atoms with Gasteiger partial charge < -0.3 is 5.32 Å². The SMILES string of the molecule is CCCNC(Cc1ccc(Cl)s1)c1cc(C)ccc1F. The van der Waals surface area contributed by atoms with Crippen LogP contribution in [0.3, 0.4) is 0 Å². The van der Waals surface area contributed by atoms with E-state index >= 15 is 0 Å². The second-order valence-electron chi connectivity index (χ2n) is 4.94. The summed E-state index contributed by atoms with van der Waals surface area (Å²) in [6.07, 6.45) is 1.78. The predicted molar refractivity (Wildman–Crippen MR) is 85.2 cm³/mol. The summed E-state index contributed by atoms with van der Waals surface area (Å²) in [6.45, 7) is 4.97. The monoisotopic (exact) mass is 311 g/mol. The minimum Gasteiger partial charge on any atom is -0.310 e. The summed E-state index contributed by atoms with van der Waals surface area (Å²) in [6, 6.07) is 9.18. The van der Waals surface area contributed by atoms with Crippen molar-refractivity contribution < 1.29 is 4.39 Å². The summed E-state index contributed by atoms with van der Waals surface area (Å²) >= 11 is 7.53. The van der Waals surface area contributed by atoms with E-state index in [0.29, 0.717) is 0 Å². The number of nitrogens with one attached hydrogen (secondary N) is 1. The van der Waals surface area contributed by atoms with Gasteiger partial charge in [0.1, 0.15) is 5.82 Å². The molecule has 1 N–H and O–H groups in total. The molecule has 0 aliphatic rings. The average Bonchev–Trinajstić information content (AvgIpc) is 2.83. The van der Waals surface area contributed by atoms with Gasteiger partial charge in [-0.2, -0.15) is 0 Å². The molecule has 4 heteroatoms. The zero-order valence-electron chi connectivity index (χ0n) is 11.7. The second-order valence-corrected chi connectivity index (χ2v) is 6.74. The number of hydrogen-bond acceptors (Lipinski definition) is 2. The largest absolute Gasteiger partial charge is 0.310 e. The minimum absolute atomic E-state index is 0.00966. The van der Waals surface area contributed by atoms with Crippen molar-refractivity contribution >= 4 is 22.9 Å². The number of rotatable bonds is 6. The molecule has 1 aromatic carbocycles. The van der Waals surface area contributed by atoms with Crippen LogP contribution in [0.1, 0.15) is 35.4 Å². The standard InChI is InChI=1S/C16H19ClFNS/c1-3-8-19-15(10-12-5-7-16(17)20-12)13-9-11(2)4-6-14(13)18/h4-7,9,15,19H,3,8,10H2,1-2H3. The molecule has 1 unspecified atom stereocenters. The molecule has 0 saturated heterocycles. The van der Waals surface area contributed by atoms with E-state index in [9.17, 15) is 4.39 Å². The quantitative estimate of drug-likeness (QED) is 0.779. The maximum atomic E-state index is 14.1. The first kappa shape index (κ1) is 15.5. The number of aryl methyl sites for hydroxylation is 1. The Morgan fingerprint density at radius 3 is 2.75 bits per heavy atom. The van der Waals surface area contributed by atoms with E-state index < -0.39 is 0 Å². The van der Waals surface area contributed by atoms with E-state index in [1.807, 2.05) is 25.1 Å². The molecular weight excluding hydrogens is 293 g/mol. The van der Waals surface area contributed by atoms with Crippen LogP contribution < -0.4 is 5.32 Å². The molecule has 0 amide bonds. The van der Waals surface area contributed by atoms with Gasteiger partial charge in [-0.1, -0.05) is 36.2 Å². The van der Waals surface area contributed by atoms with E-state index in [-0.39, 0.29) is 11.9 Å². The Morgan fingerprint density at radius 1 is 1.30 bits per heavy atom. The smallest absolute Gasteiger partial charge is 0.128 e. The first-order valence-corrected chi connectivity index (χ1v) is 8.03. The third-order valence-electron chi connectivity index (χ3n) is 3.20. The van der Waals surface area contributed by atoms with Gasteiger partial charge in [0.2, 0.25) is 0 Å². The van der Waals surface area contributed by atoms with E-state index in [1.165, 1.54) is 4.88 Å². The van der Waals surface area contributed by atoms with Gasteiger partial charge in [-0.15, -0.1) is 11.3 Å². The molecule has 1 aromatic heterocycles. The molecule has 0 bridgehead atoms. The number of hydrogen-bond donors (Lipinski definition) is 1. The maximum absolute atomic E-state index is 14.1. The summed E-state index contributed by atoms with van der Waals surface area (Å²) in [5.41, 5.74) is 1.82. The molecule has 0 aliphatic heterocycles. The van der Waals surface area contributed by atoms with E-state index in [1.54, 1.807) is 23.5 Å². The topological polar surface area (TPSA) is 12.0 Å².